The lowest BCUT2D eigenvalue weighted by atomic mass is 10.1. The molecule has 1 aromatic carbocycles. The second-order valence-corrected chi connectivity index (χ2v) is 2.93. The highest BCUT2D eigenvalue weighted by molar-refractivity contribution is 5.48. The van der Waals surface area contributed by atoms with Crippen LogP contribution in [0.4, 0.5) is 10.1 Å². The van der Waals surface area contributed by atoms with Crippen molar-refractivity contribution >= 4 is 5.69 Å². The second-order valence-electron chi connectivity index (χ2n) is 2.93. The van der Waals surface area contributed by atoms with Crippen LogP contribution in [0.5, 0.6) is 5.75 Å². The molecule has 14 heavy (non-hydrogen) atoms. The molecule has 0 aliphatic carbocycles. The minimum Gasteiger partial charge on any atom is -0.490 e. The Kier molecular flexibility index (Phi) is 1.85. The van der Waals surface area contributed by atoms with Crippen LogP contribution >= 0.6 is 0 Å². The van der Waals surface area contributed by atoms with E-state index in [4.69, 9.17) is 4.74 Å². The Balaban J connectivity index is 2.57. The smallest absolute Gasteiger partial charge is 0.305 e. The summed E-state index contributed by atoms with van der Waals surface area (Å²) in [7, 11) is 0. The Bertz CT molecular complexity index is 407. The van der Waals surface area contributed by atoms with Crippen LogP contribution in [-0.4, -0.2) is 16.6 Å². The molecular weight excluding hydrogens is 193 g/mol. The third-order valence-corrected chi connectivity index (χ3v) is 2.03. The van der Waals surface area contributed by atoms with E-state index < -0.39 is 22.5 Å². The van der Waals surface area contributed by atoms with Crippen LogP contribution in [0.25, 0.3) is 0 Å². The second kappa shape index (κ2) is 2.91. The Morgan fingerprint density at radius 1 is 1.64 bits per heavy atom. The number of benzene rings is 1. The van der Waals surface area contributed by atoms with Gasteiger partial charge < -0.3 is 9.84 Å². The molecule has 0 saturated heterocycles. The van der Waals surface area contributed by atoms with Gasteiger partial charge in [0.25, 0.3) is 0 Å². The number of aliphatic hydroxyl groups excluding tert-OH is 1. The van der Waals surface area contributed by atoms with Gasteiger partial charge in [0, 0.05) is 17.7 Å². The van der Waals surface area contributed by atoms with Gasteiger partial charge in [-0.25, -0.2) is 0 Å². The van der Waals surface area contributed by atoms with Gasteiger partial charge in [-0.2, -0.15) is 4.39 Å². The van der Waals surface area contributed by atoms with Crippen molar-refractivity contribution in [2.45, 2.75) is 6.10 Å². The molecular formula is C8H6FNO4. The van der Waals surface area contributed by atoms with Gasteiger partial charge in [0.1, 0.15) is 18.5 Å². The predicted molar refractivity (Wildman–Crippen MR) is 43.5 cm³/mol. The first-order valence-corrected chi connectivity index (χ1v) is 3.88. The third kappa shape index (κ3) is 1.20. The zero-order valence-electron chi connectivity index (χ0n) is 6.94. The Morgan fingerprint density at radius 3 is 3.00 bits per heavy atom. The molecule has 6 heteroatoms. The van der Waals surface area contributed by atoms with E-state index in [0.717, 1.165) is 12.1 Å². The van der Waals surface area contributed by atoms with Crippen LogP contribution in [0, 0.1) is 15.9 Å². The van der Waals surface area contributed by atoms with Gasteiger partial charge in [0.2, 0.25) is 5.82 Å². The first kappa shape index (κ1) is 8.89. The van der Waals surface area contributed by atoms with E-state index in [2.05, 4.69) is 0 Å². The molecule has 74 valence electrons. The minimum atomic E-state index is -0.956. The number of hydrogen-bond donors (Lipinski definition) is 1. The first-order chi connectivity index (χ1) is 6.59. The van der Waals surface area contributed by atoms with Crippen LogP contribution < -0.4 is 4.74 Å². The molecule has 5 nitrogen and oxygen atoms in total. The van der Waals surface area contributed by atoms with Crippen molar-refractivity contribution in [2.24, 2.45) is 0 Å². The normalized spacial score (nSPS) is 18.9. The number of aliphatic hydroxyl groups is 1. The Hall–Kier alpha value is -1.69. The Morgan fingerprint density at radius 2 is 2.36 bits per heavy atom. The van der Waals surface area contributed by atoms with E-state index in [1.165, 1.54) is 0 Å². The summed E-state index contributed by atoms with van der Waals surface area (Å²) in [6.07, 6.45) is -0.913. The molecule has 1 aliphatic heterocycles. The molecule has 0 amide bonds. The van der Waals surface area contributed by atoms with Gasteiger partial charge in [-0.15, -0.1) is 0 Å². The van der Waals surface area contributed by atoms with Crippen molar-refractivity contribution in [1.82, 2.24) is 0 Å². The fourth-order valence-electron chi connectivity index (χ4n) is 1.34. The summed E-state index contributed by atoms with van der Waals surface area (Å²) in [5, 5.41) is 19.7. The topological polar surface area (TPSA) is 72.6 Å². The van der Waals surface area contributed by atoms with E-state index in [-0.39, 0.29) is 17.9 Å². The molecule has 0 spiro atoms. The fraction of sp³-hybridized carbons (Fsp3) is 0.250. The lowest BCUT2D eigenvalue weighted by Gasteiger charge is -2.00. The first-order valence-electron chi connectivity index (χ1n) is 3.88. The van der Waals surface area contributed by atoms with Gasteiger partial charge in [0.05, 0.1) is 4.92 Å². The van der Waals surface area contributed by atoms with Crippen LogP contribution in [0.15, 0.2) is 12.1 Å². The van der Waals surface area contributed by atoms with Crippen LogP contribution in [0.1, 0.15) is 11.7 Å². The van der Waals surface area contributed by atoms with Crippen molar-refractivity contribution in [1.29, 1.82) is 0 Å². The SMILES string of the molecule is O=[N+]([O-])c1cc2c(cc1F)OCC2O. The maximum Gasteiger partial charge on any atom is 0.305 e. The number of nitrogens with zero attached hydrogens (tertiary/aromatic N) is 1. The third-order valence-electron chi connectivity index (χ3n) is 2.03. The van der Waals surface area contributed by atoms with Gasteiger partial charge in [-0.05, 0) is 0 Å². The summed E-state index contributed by atoms with van der Waals surface area (Å²) in [6.45, 7) is 0.00986. The number of hydrogen-bond acceptors (Lipinski definition) is 4. The zero-order valence-corrected chi connectivity index (χ0v) is 6.94. The monoisotopic (exact) mass is 199 g/mol. The maximum atomic E-state index is 13.0. The quantitative estimate of drug-likeness (QED) is 0.544. The Labute approximate surface area is 77.9 Å². The van der Waals surface area contributed by atoms with E-state index >= 15 is 0 Å². The molecule has 0 saturated carbocycles. The molecule has 0 bridgehead atoms. The standard InChI is InChI=1S/C8H6FNO4/c9-5-2-8-4(7(11)3-14-8)1-6(5)10(12)13/h1-2,7,11H,3H2. The summed E-state index contributed by atoms with van der Waals surface area (Å²) in [5.74, 6) is -0.788. The fourth-order valence-corrected chi connectivity index (χ4v) is 1.34. The highest BCUT2D eigenvalue weighted by atomic mass is 19.1. The van der Waals surface area contributed by atoms with Gasteiger partial charge >= 0.3 is 5.69 Å². The molecule has 1 heterocycles. The maximum absolute atomic E-state index is 13.0. The molecule has 0 fully saturated rings. The highest BCUT2D eigenvalue weighted by Gasteiger charge is 2.27. The minimum absolute atomic E-state index is 0.00986. The molecule has 1 aromatic rings. The van der Waals surface area contributed by atoms with E-state index in [1.54, 1.807) is 0 Å². The predicted octanol–water partition coefficient (Wildman–Crippen LogP) is 1.16. The van der Waals surface area contributed by atoms with E-state index in [1.807, 2.05) is 0 Å². The number of nitro benzene ring substituents is 1. The van der Waals surface area contributed by atoms with Crippen molar-refractivity contribution in [2.75, 3.05) is 6.61 Å². The van der Waals surface area contributed by atoms with Crippen molar-refractivity contribution in [3.63, 3.8) is 0 Å². The highest BCUT2D eigenvalue weighted by Crippen LogP contribution is 2.36. The number of ether oxygens (including phenoxy) is 1. The zero-order chi connectivity index (χ0) is 10.3. The summed E-state index contributed by atoms with van der Waals surface area (Å²) < 4.78 is 17.9. The number of halogens is 1. The lowest BCUT2D eigenvalue weighted by molar-refractivity contribution is -0.387. The van der Waals surface area contributed by atoms with Gasteiger partial charge in [-0.3, -0.25) is 10.1 Å². The molecule has 2 rings (SSSR count). The average Bonchev–Trinajstić information content (AvgIpc) is 2.46. The molecule has 1 unspecified atom stereocenters. The van der Waals surface area contributed by atoms with Crippen molar-refractivity contribution in [3.8, 4) is 5.75 Å². The van der Waals surface area contributed by atoms with Crippen molar-refractivity contribution in [3.05, 3.63) is 33.6 Å². The van der Waals surface area contributed by atoms with E-state index in [0.29, 0.717) is 0 Å². The van der Waals surface area contributed by atoms with Crippen LogP contribution in [0.2, 0.25) is 0 Å². The molecule has 0 radical (unpaired) electrons. The molecule has 1 N–H and O–H groups in total. The average molecular weight is 199 g/mol. The largest absolute Gasteiger partial charge is 0.490 e. The summed E-state index contributed by atoms with van der Waals surface area (Å²) >= 11 is 0. The van der Waals surface area contributed by atoms with Crippen LogP contribution in [0.3, 0.4) is 0 Å². The lowest BCUT2D eigenvalue weighted by Crippen LogP contribution is -1.98. The van der Waals surface area contributed by atoms with E-state index in [9.17, 15) is 19.6 Å². The summed E-state index contributed by atoms with van der Waals surface area (Å²) in [4.78, 5) is 9.54. The molecule has 1 aliphatic rings. The summed E-state index contributed by atoms with van der Waals surface area (Å²) in [5.41, 5.74) is -0.383. The number of nitro groups is 1. The van der Waals surface area contributed by atoms with Gasteiger partial charge in [0.15, 0.2) is 0 Å². The number of fused-ring (bicyclic) bond motifs is 1. The van der Waals surface area contributed by atoms with Crippen LogP contribution in [-0.2, 0) is 0 Å². The van der Waals surface area contributed by atoms with Crippen molar-refractivity contribution < 1.29 is 19.2 Å². The molecule has 1 atom stereocenters. The number of rotatable bonds is 1. The van der Waals surface area contributed by atoms with Gasteiger partial charge in [-0.1, -0.05) is 0 Å². The molecule has 0 aromatic heterocycles. The summed E-state index contributed by atoms with van der Waals surface area (Å²) in [6, 6.07) is 1.92.